The Kier molecular flexibility index (Phi) is 4.19. The first kappa shape index (κ1) is 13.0. The molecule has 0 amide bonds. The topological polar surface area (TPSA) is 55.0 Å². The first-order valence-electron chi connectivity index (χ1n) is 5.98. The first-order chi connectivity index (χ1) is 8.08. The molecule has 1 atom stereocenters. The van der Waals surface area contributed by atoms with Crippen LogP contribution in [0.3, 0.4) is 0 Å². The third kappa shape index (κ3) is 3.07. The van der Waals surface area contributed by atoms with Gasteiger partial charge in [-0.3, -0.25) is 4.79 Å². The molecule has 2 rings (SSSR count). The van der Waals surface area contributed by atoms with Crippen LogP contribution in [0.4, 0.5) is 0 Å². The van der Waals surface area contributed by atoms with Crippen molar-refractivity contribution in [2.75, 3.05) is 6.61 Å². The molecule has 1 fully saturated rings. The zero-order valence-corrected chi connectivity index (χ0v) is 12.3. The van der Waals surface area contributed by atoms with Crippen molar-refractivity contribution in [3.63, 3.8) is 0 Å². The molecule has 5 heteroatoms. The summed E-state index contributed by atoms with van der Waals surface area (Å²) >= 11 is 2.07. The van der Waals surface area contributed by atoms with Gasteiger partial charge in [0, 0.05) is 6.61 Å². The number of hydrogen-bond acceptors (Lipinski definition) is 3. The molecule has 4 nitrogen and oxygen atoms in total. The second-order valence-electron chi connectivity index (χ2n) is 4.81. The molecule has 1 N–H and O–H groups in total. The van der Waals surface area contributed by atoms with E-state index in [4.69, 9.17) is 4.74 Å². The highest BCUT2D eigenvalue weighted by Crippen LogP contribution is 2.26. The fourth-order valence-electron chi connectivity index (χ4n) is 1.99. The lowest BCUT2D eigenvalue weighted by atomic mass is 10.1. The Morgan fingerprint density at radius 1 is 1.59 bits per heavy atom. The van der Waals surface area contributed by atoms with Gasteiger partial charge in [-0.15, -0.1) is 0 Å². The number of nitrogens with one attached hydrogen (secondary N) is 1. The van der Waals surface area contributed by atoms with Crippen molar-refractivity contribution in [2.24, 2.45) is 5.92 Å². The Morgan fingerprint density at radius 3 is 2.94 bits per heavy atom. The summed E-state index contributed by atoms with van der Waals surface area (Å²) in [6.07, 6.45) is 2.80. The van der Waals surface area contributed by atoms with Crippen molar-refractivity contribution in [3.05, 3.63) is 25.4 Å². The normalized spacial score (nSPS) is 20.1. The minimum atomic E-state index is -0.0400. The van der Waals surface area contributed by atoms with Crippen LogP contribution in [-0.4, -0.2) is 16.6 Å². The zero-order chi connectivity index (χ0) is 12.4. The molecular formula is C12H17IN2O2. The Balaban J connectivity index is 2.34. The third-order valence-corrected chi connectivity index (χ3v) is 3.90. The molecule has 0 aliphatic carbocycles. The van der Waals surface area contributed by atoms with Crippen LogP contribution in [0.2, 0.25) is 0 Å². The van der Waals surface area contributed by atoms with Crippen molar-refractivity contribution in [1.29, 1.82) is 0 Å². The van der Waals surface area contributed by atoms with Crippen LogP contribution in [0.5, 0.6) is 0 Å². The highest BCUT2D eigenvalue weighted by molar-refractivity contribution is 14.1. The Labute approximate surface area is 114 Å². The predicted molar refractivity (Wildman–Crippen MR) is 74.0 cm³/mol. The highest BCUT2D eigenvalue weighted by atomic mass is 127. The number of halogens is 1. The predicted octanol–water partition coefficient (Wildman–Crippen LogP) is 2.42. The van der Waals surface area contributed by atoms with Crippen molar-refractivity contribution in [2.45, 2.75) is 39.2 Å². The molecule has 1 saturated heterocycles. The van der Waals surface area contributed by atoms with Crippen molar-refractivity contribution in [3.8, 4) is 0 Å². The van der Waals surface area contributed by atoms with Crippen molar-refractivity contribution >= 4 is 22.6 Å². The summed E-state index contributed by atoms with van der Waals surface area (Å²) in [6.45, 7) is 5.02. The van der Waals surface area contributed by atoms with E-state index in [0.717, 1.165) is 31.6 Å². The molecule has 1 unspecified atom stereocenters. The molecular weight excluding hydrogens is 331 g/mol. The Bertz CT molecular complexity index is 450. The number of ether oxygens (including phenoxy) is 1. The van der Waals surface area contributed by atoms with E-state index in [1.54, 1.807) is 0 Å². The average molecular weight is 348 g/mol. The molecule has 0 saturated carbocycles. The Morgan fingerprint density at radius 2 is 2.35 bits per heavy atom. The molecule has 0 radical (unpaired) electrons. The molecule has 0 aromatic carbocycles. The first-order valence-corrected chi connectivity index (χ1v) is 7.06. The fraction of sp³-hybridized carbons (Fsp3) is 0.667. The zero-order valence-electron chi connectivity index (χ0n) is 10.1. The van der Waals surface area contributed by atoms with E-state index < -0.39 is 0 Å². The van der Waals surface area contributed by atoms with E-state index in [0.29, 0.717) is 15.3 Å². The lowest BCUT2D eigenvalue weighted by Crippen LogP contribution is -2.20. The summed E-state index contributed by atoms with van der Waals surface area (Å²) in [4.78, 5) is 19.2. The average Bonchev–Trinajstić information content (AvgIpc) is 2.77. The minimum absolute atomic E-state index is 0.0226. The molecule has 1 aromatic heterocycles. The van der Waals surface area contributed by atoms with Crippen LogP contribution in [0.15, 0.2) is 4.79 Å². The van der Waals surface area contributed by atoms with E-state index >= 15 is 0 Å². The number of aromatic nitrogens is 2. The van der Waals surface area contributed by atoms with Gasteiger partial charge in [0.05, 0.1) is 9.26 Å². The summed E-state index contributed by atoms with van der Waals surface area (Å²) in [6, 6.07) is 0. The highest BCUT2D eigenvalue weighted by Gasteiger charge is 2.22. The van der Waals surface area contributed by atoms with Gasteiger partial charge in [-0.1, -0.05) is 13.8 Å². The van der Waals surface area contributed by atoms with Gasteiger partial charge < -0.3 is 9.72 Å². The van der Waals surface area contributed by atoms with Crippen molar-refractivity contribution < 1.29 is 4.74 Å². The number of H-pyrrole nitrogens is 1. The number of hydrogen-bond donors (Lipinski definition) is 1. The molecule has 0 spiro atoms. The molecule has 1 aliphatic heterocycles. The van der Waals surface area contributed by atoms with Crippen LogP contribution in [0.1, 0.15) is 44.3 Å². The summed E-state index contributed by atoms with van der Waals surface area (Å²) in [5.74, 6) is 1.19. The van der Waals surface area contributed by atoms with Gasteiger partial charge in [-0.05, 0) is 47.8 Å². The third-order valence-electron chi connectivity index (χ3n) is 2.79. The quantitative estimate of drug-likeness (QED) is 0.854. The largest absolute Gasteiger partial charge is 0.370 e. The second kappa shape index (κ2) is 5.48. The van der Waals surface area contributed by atoms with Crippen LogP contribution in [0.25, 0.3) is 0 Å². The lowest BCUT2D eigenvalue weighted by Gasteiger charge is -2.12. The SMILES string of the molecule is CC(C)Cc1nc(C2CCCO2)[nH]c(=O)c1I. The second-order valence-corrected chi connectivity index (χ2v) is 5.89. The molecule has 17 heavy (non-hydrogen) atoms. The molecule has 0 bridgehead atoms. The number of nitrogens with zero attached hydrogens (tertiary/aromatic N) is 1. The van der Waals surface area contributed by atoms with Crippen LogP contribution >= 0.6 is 22.6 Å². The summed E-state index contributed by atoms with van der Waals surface area (Å²) in [5, 5.41) is 0. The Hall–Kier alpha value is -0.430. The standard InChI is InChI=1S/C12H17IN2O2/c1-7(2)6-8-10(13)12(16)15-11(14-8)9-4-3-5-17-9/h7,9H,3-6H2,1-2H3,(H,14,15,16). The fourth-order valence-corrected chi connectivity index (χ4v) is 2.47. The summed E-state index contributed by atoms with van der Waals surface area (Å²) < 4.78 is 6.27. The summed E-state index contributed by atoms with van der Waals surface area (Å²) in [5.41, 5.74) is 0.858. The van der Waals surface area contributed by atoms with Gasteiger partial charge in [0.15, 0.2) is 0 Å². The smallest absolute Gasteiger partial charge is 0.264 e. The molecule has 94 valence electrons. The molecule has 2 heterocycles. The maximum absolute atomic E-state index is 11.8. The van der Waals surface area contributed by atoms with Crippen LogP contribution in [-0.2, 0) is 11.2 Å². The van der Waals surface area contributed by atoms with Crippen LogP contribution < -0.4 is 5.56 Å². The number of aromatic amines is 1. The summed E-state index contributed by atoms with van der Waals surface area (Å²) in [7, 11) is 0. The number of rotatable bonds is 3. The van der Waals surface area contributed by atoms with E-state index in [9.17, 15) is 4.79 Å². The van der Waals surface area contributed by atoms with Gasteiger partial charge >= 0.3 is 0 Å². The van der Waals surface area contributed by atoms with Crippen LogP contribution in [0, 0.1) is 9.49 Å². The maximum atomic E-state index is 11.8. The van der Waals surface area contributed by atoms with E-state index in [1.807, 2.05) is 0 Å². The van der Waals surface area contributed by atoms with Gasteiger partial charge in [-0.25, -0.2) is 4.98 Å². The lowest BCUT2D eigenvalue weighted by molar-refractivity contribution is 0.104. The van der Waals surface area contributed by atoms with Crippen molar-refractivity contribution in [1.82, 2.24) is 9.97 Å². The van der Waals surface area contributed by atoms with Gasteiger partial charge in [-0.2, -0.15) is 0 Å². The van der Waals surface area contributed by atoms with E-state index in [1.165, 1.54) is 0 Å². The van der Waals surface area contributed by atoms with E-state index in [-0.39, 0.29) is 11.7 Å². The maximum Gasteiger partial charge on any atom is 0.264 e. The minimum Gasteiger partial charge on any atom is -0.370 e. The van der Waals surface area contributed by atoms with Gasteiger partial charge in [0.1, 0.15) is 11.9 Å². The van der Waals surface area contributed by atoms with Gasteiger partial charge in [0.25, 0.3) is 5.56 Å². The monoisotopic (exact) mass is 348 g/mol. The molecule has 1 aliphatic rings. The molecule has 1 aromatic rings. The van der Waals surface area contributed by atoms with E-state index in [2.05, 4.69) is 46.4 Å². The van der Waals surface area contributed by atoms with Gasteiger partial charge in [0.2, 0.25) is 0 Å².